The van der Waals surface area contributed by atoms with E-state index in [9.17, 15) is 4.39 Å². The summed E-state index contributed by atoms with van der Waals surface area (Å²) in [5.41, 5.74) is 2.24. The van der Waals surface area contributed by atoms with Crippen molar-refractivity contribution < 1.29 is 23.0 Å². The van der Waals surface area contributed by atoms with Crippen LogP contribution in [-0.2, 0) is 23.7 Å². The van der Waals surface area contributed by atoms with Crippen molar-refractivity contribution in [2.45, 2.75) is 30.5 Å². The van der Waals surface area contributed by atoms with Crippen molar-refractivity contribution in [2.75, 3.05) is 0 Å². The number of benzene rings is 3. The monoisotopic (exact) mass is 484 g/mol. The Morgan fingerprint density at radius 3 is 2.73 bits per heavy atom. The van der Waals surface area contributed by atoms with Crippen LogP contribution in [0.1, 0.15) is 28.9 Å². The summed E-state index contributed by atoms with van der Waals surface area (Å²) in [6.45, 7) is 0.347. The zero-order valence-electron chi connectivity index (χ0n) is 17.2. The average Bonchev–Trinajstić information content (AvgIpc) is 3.30. The van der Waals surface area contributed by atoms with Gasteiger partial charge < -0.3 is 18.6 Å². The quantitative estimate of drug-likeness (QED) is 0.283. The van der Waals surface area contributed by atoms with Gasteiger partial charge in [0.05, 0.1) is 11.6 Å². The molecule has 0 bridgehead atoms. The van der Waals surface area contributed by atoms with Crippen molar-refractivity contribution in [2.24, 2.45) is 0 Å². The van der Waals surface area contributed by atoms with Gasteiger partial charge in [0.1, 0.15) is 17.3 Å². The molecule has 4 aromatic rings. The van der Waals surface area contributed by atoms with E-state index in [0.29, 0.717) is 44.5 Å². The highest BCUT2D eigenvalue weighted by atomic mass is 35.5. The Labute approximate surface area is 198 Å². The molecule has 168 valence electrons. The van der Waals surface area contributed by atoms with Crippen LogP contribution >= 0.6 is 23.4 Å². The zero-order chi connectivity index (χ0) is 22.6. The third-order valence-electron chi connectivity index (χ3n) is 4.88. The van der Waals surface area contributed by atoms with Gasteiger partial charge in [-0.2, -0.15) is 0 Å². The fraction of sp³-hybridized carbons (Fsp3) is 0.167. The van der Waals surface area contributed by atoms with Crippen LogP contribution in [0.25, 0.3) is 0 Å². The number of para-hydroxylation sites is 1. The summed E-state index contributed by atoms with van der Waals surface area (Å²) in [7, 11) is 0. The second-order valence-corrected chi connectivity index (χ2v) is 8.53. The van der Waals surface area contributed by atoms with Crippen LogP contribution in [0.15, 0.2) is 76.4 Å². The van der Waals surface area contributed by atoms with Gasteiger partial charge in [-0.15, -0.1) is 10.2 Å². The molecular weight excluding hydrogens is 467 g/mol. The minimum atomic E-state index is -0.551. The van der Waals surface area contributed by atoms with Crippen LogP contribution in [0.4, 0.5) is 4.39 Å². The van der Waals surface area contributed by atoms with Gasteiger partial charge in [0, 0.05) is 22.4 Å². The molecule has 2 heterocycles. The Morgan fingerprint density at radius 1 is 1.06 bits per heavy atom. The van der Waals surface area contributed by atoms with Crippen molar-refractivity contribution >= 4 is 23.4 Å². The standard InChI is InChI=1S/C24H18ClFN2O4S/c25-19-8-4-5-9-20(19)29-13-21-27-28-24(31-21)33-14-17-11-18(26)10-16-12-30-23(32-22(16)17)15-6-2-1-3-7-15/h1-11,23H,12-14H2/t23-/m0/s1. The summed E-state index contributed by atoms with van der Waals surface area (Å²) in [6, 6.07) is 19.6. The largest absolute Gasteiger partial charge is 0.482 e. The molecule has 6 nitrogen and oxygen atoms in total. The molecule has 33 heavy (non-hydrogen) atoms. The number of hydrogen-bond acceptors (Lipinski definition) is 7. The Bertz CT molecular complexity index is 1250. The summed E-state index contributed by atoms with van der Waals surface area (Å²) >= 11 is 7.37. The molecule has 0 radical (unpaired) electrons. The molecule has 5 rings (SSSR count). The number of rotatable bonds is 7. The summed E-state index contributed by atoms with van der Waals surface area (Å²) < 4.78 is 37.3. The van der Waals surface area contributed by atoms with Crippen molar-refractivity contribution in [1.82, 2.24) is 10.2 Å². The van der Waals surface area contributed by atoms with Crippen LogP contribution in [0.5, 0.6) is 11.5 Å². The molecule has 3 aromatic carbocycles. The number of hydrogen-bond donors (Lipinski definition) is 0. The molecule has 0 unspecified atom stereocenters. The lowest BCUT2D eigenvalue weighted by Crippen LogP contribution is -2.19. The van der Waals surface area contributed by atoms with Gasteiger partial charge in [0.15, 0.2) is 6.61 Å². The maximum atomic E-state index is 14.2. The number of thioether (sulfide) groups is 1. The Balaban J connectivity index is 1.26. The van der Waals surface area contributed by atoms with Crippen molar-refractivity contribution in [1.29, 1.82) is 0 Å². The first-order valence-corrected chi connectivity index (χ1v) is 11.5. The van der Waals surface area contributed by atoms with Crippen LogP contribution in [-0.4, -0.2) is 10.2 Å². The maximum absolute atomic E-state index is 14.2. The van der Waals surface area contributed by atoms with Gasteiger partial charge in [-0.3, -0.25) is 0 Å². The van der Waals surface area contributed by atoms with Crippen molar-refractivity contribution in [3.63, 3.8) is 0 Å². The Morgan fingerprint density at radius 2 is 1.88 bits per heavy atom. The molecular formula is C24H18ClFN2O4S. The number of aromatic nitrogens is 2. The molecule has 0 N–H and O–H groups in total. The summed E-state index contributed by atoms with van der Waals surface area (Å²) in [6.07, 6.45) is -0.551. The molecule has 1 aliphatic rings. The van der Waals surface area contributed by atoms with E-state index in [2.05, 4.69) is 10.2 Å². The van der Waals surface area contributed by atoms with E-state index < -0.39 is 6.29 Å². The molecule has 1 aliphatic heterocycles. The molecule has 1 atom stereocenters. The molecule has 1 aromatic heterocycles. The van der Waals surface area contributed by atoms with Crippen molar-refractivity contribution in [3.05, 3.63) is 100 Å². The Kier molecular flexibility index (Phi) is 6.48. The maximum Gasteiger partial charge on any atom is 0.277 e. The molecule has 0 amide bonds. The van der Waals surface area contributed by atoms with Gasteiger partial charge in [-0.25, -0.2) is 4.39 Å². The minimum absolute atomic E-state index is 0.0891. The van der Waals surface area contributed by atoms with Gasteiger partial charge >= 0.3 is 0 Å². The lowest BCUT2D eigenvalue weighted by Gasteiger charge is -2.28. The predicted molar refractivity (Wildman–Crippen MR) is 121 cm³/mol. The molecule has 0 spiro atoms. The summed E-state index contributed by atoms with van der Waals surface area (Å²) in [5, 5.41) is 8.88. The zero-order valence-corrected chi connectivity index (χ0v) is 18.8. The lowest BCUT2D eigenvalue weighted by atomic mass is 10.1. The highest BCUT2D eigenvalue weighted by molar-refractivity contribution is 7.98. The van der Waals surface area contributed by atoms with E-state index >= 15 is 0 Å². The fourth-order valence-electron chi connectivity index (χ4n) is 3.35. The highest BCUT2D eigenvalue weighted by Crippen LogP contribution is 2.38. The van der Waals surface area contributed by atoms with E-state index in [0.717, 1.165) is 5.56 Å². The first-order valence-electron chi connectivity index (χ1n) is 10.1. The predicted octanol–water partition coefficient (Wildman–Crippen LogP) is 6.34. The fourth-order valence-corrected chi connectivity index (χ4v) is 4.29. The third kappa shape index (κ3) is 5.13. The van der Waals surface area contributed by atoms with E-state index in [1.165, 1.54) is 23.9 Å². The van der Waals surface area contributed by atoms with Crippen LogP contribution < -0.4 is 9.47 Å². The first kappa shape index (κ1) is 21.8. The second kappa shape index (κ2) is 9.82. The lowest BCUT2D eigenvalue weighted by molar-refractivity contribution is -0.112. The van der Waals surface area contributed by atoms with Gasteiger partial charge in [0.2, 0.25) is 6.29 Å². The van der Waals surface area contributed by atoms with E-state index in [1.807, 2.05) is 42.5 Å². The van der Waals surface area contributed by atoms with E-state index in [1.54, 1.807) is 12.1 Å². The Hall–Kier alpha value is -3.07. The third-order valence-corrected chi connectivity index (χ3v) is 6.06. The second-order valence-electron chi connectivity index (χ2n) is 7.19. The van der Waals surface area contributed by atoms with Crippen LogP contribution in [0.2, 0.25) is 5.02 Å². The minimum Gasteiger partial charge on any atom is -0.482 e. The van der Waals surface area contributed by atoms with E-state index in [-0.39, 0.29) is 19.0 Å². The number of ether oxygens (including phenoxy) is 3. The normalized spacial score (nSPS) is 15.0. The highest BCUT2D eigenvalue weighted by Gasteiger charge is 2.25. The molecule has 9 heteroatoms. The average molecular weight is 485 g/mol. The number of nitrogens with zero attached hydrogens (tertiary/aromatic N) is 2. The number of fused-ring (bicyclic) bond motifs is 1. The van der Waals surface area contributed by atoms with Crippen LogP contribution in [0.3, 0.4) is 0 Å². The molecule has 0 fully saturated rings. The smallest absolute Gasteiger partial charge is 0.277 e. The first-order chi connectivity index (χ1) is 16.2. The van der Waals surface area contributed by atoms with Gasteiger partial charge in [-0.05, 0) is 24.3 Å². The SMILES string of the molecule is Fc1cc2c(c(CSc3nnc(COc4ccccc4Cl)o3)c1)O[C@@H](c1ccccc1)OC2. The van der Waals surface area contributed by atoms with Crippen molar-refractivity contribution in [3.8, 4) is 11.5 Å². The summed E-state index contributed by atoms with van der Waals surface area (Å²) in [5.74, 6) is 1.49. The number of halogens is 2. The van der Waals surface area contributed by atoms with E-state index in [4.69, 9.17) is 30.2 Å². The topological polar surface area (TPSA) is 66.6 Å². The molecule has 0 aliphatic carbocycles. The molecule has 0 saturated carbocycles. The van der Waals surface area contributed by atoms with Gasteiger partial charge in [-0.1, -0.05) is 65.8 Å². The molecule has 0 saturated heterocycles. The van der Waals surface area contributed by atoms with Crippen LogP contribution in [0, 0.1) is 5.82 Å². The summed E-state index contributed by atoms with van der Waals surface area (Å²) in [4.78, 5) is 0. The van der Waals surface area contributed by atoms with Gasteiger partial charge in [0.25, 0.3) is 11.1 Å².